The topological polar surface area (TPSA) is 33.7 Å². The van der Waals surface area contributed by atoms with Crippen LogP contribution < -0.4 is 5.32 Å². The van der Waals surface area contributed by atoms with Gasteiger partial charge in [0.1, 0.15) is 6.79 Å². The van der Waals surface area contributed by atoms with E-state index < -0.39 is 0 Å². The maximum absolute atomic E-state index is 5.43. The largest absolute Gasteiger partial charge is 0.355 e. The smallest absolute Gasteiger partial charge is 0.147 e. The third kappa shape index (κ3) is 2.64. The van der Waals surface area contributed by atoms with Gasteiger partial charge in [0.25, 0.3) is 0 Å². The van der Waals surface area contributed by atoms with Gasteiger partial charge in [-0.3, -0.25) is 0 Å². The van der Waals surface area contributed by atoms with Gasteiger partial charge in [-0.05, 0) is 13.5 Å². The molecule has 0 amide bonds. The minimum Gasteiger partial charge on any atom is -0.355 e. The molecule has 2 saturated heterocycles. The molecule has 76 valence electrons. The molecule has 0 aliphatic carbocycles. The van der Waals surface area contributed by atoms with Crippen LogP contribution in [0.25, 0.3) is 0 Å². The van der Waals surface area contributed by atoms with Crippen molar-refractivity contribution in [3.8, 4) is 0 Å². The van der Waals surface area contributed by atoms with E-state index in [4.69, 9.17) is 9.47 Å². The van der Waals surface area contributed by atoms with E-state index in [2.05, 4.69) is 17.3 Å². The molecule has 0 spiro atoms. The van der Waals surface area contributed by atoms with Gasteiger partial charge in [0.15, 0.2) is 0 Å². The summed E-state index contributed by atoms with van der Waals surface area (Å²) in [5.74, 6) is 0. The maximum Gasteiger partial charge on any atom is 0.147 e. The van der Waals surface area contributed by atoms with Crippen LogP contribution >= 0.6 is 0 Å². The van der Waals surface area contributed by atoms with E-state index in [9.17, 15) is 0 Å². The summed E-state index contributed by atoms with van der Waals surface area (Å²) >= 11 is 0. The minimum atomic E-state index is 0.361. The van der Waals surface area contributed by atoms with Crippen LogP contribution in [-0.2, 0) is 9.47 Å². The Balaban J connectivity index is 1.56. The molecule has 0 aromatic carbocycles. The fraction of sp³-hybridized carbons (Fsp3) is 1.00. The second-order valence-corrected chi connectivity index (χ2v) is 3.93. The van der Waals surface area contributed by atoms with Crippen molar-refractivity contribution in [1.29, 1.82) is 0 Å². The van der Waals surface area contributed by atoms with Gasteiger partial charge in [0, 0.05) is 25.7 Å². The first kappa shape index (κ1) is 9.40. The van der Waals surface area contributed by atoms with Crippen molar-refractivity contribution in [2.24, 2.45) is 0 Å². The first-order valence-electron chi connectivity index (χ1n) is 4.96. The van der Waals surface area contributed by atoms with Crippen LogP contribution in [-0.4, -0.2) is 57.1 Å². The van der Waals surface area contributed by atoms with Gasteiger partial charge in [-0.25, -0.2) is 0 Å². The van der Waals surface area contributed by atoms with E-state index in [1.165, 1.54) is 13.1 Å². The molecule has 2 rings (SSSR count). The van der Waals surface area contributed by atoms with E-state index in [0.29, 0.717) is 18.9 Å². The summed E-state index contributed by atoms with van der Waals surface area (Å²) in [5.41, 5.74) is 0. The molecular weight excluding hydrogens is 168 g/mol. The quantitative estimate of drug-likeness (QED) is 0.653. The lowest BCUT2D eigenvalue weighted by Crippen LogP contribution is -2.57. The molecule has 0 aromatic heterocycles. The highest BCUT2D eigenvalue weighted by atomic mass is 16.7. The normalized spacial score (nSPS) is 31.6. The molecule has 2 fully saturated rings. The van der Waals surface area contributed by atoms with Gasteiger partial charge in [0.05, 0.1) is 12.7 Å². The number of rotatable bonds is 3. The molecule has 2 aliphatic heterocycles. The van der Waals surface area contributed by atoms with E-state index in [0.717, 1.165) is 19.6 Å². The van der Waals surface area contributed by atoms with Gasteiger partial charge in [-0.1, -0.05) is 0 Å². The second kappa shape index (κ2) is 4.37. The van der Waals surface area contributed by atoms with Crippen LogP contribution in [0, 0.1) is 0 Å². The van der Waals surface area contributed by atoms with Gasteiger partial charge in [-0.15, -0.1) is 0 Å². The Morgan fingerprint density at radius 3 is 2.92 bits per heavy atom. The summed E-state index contributed by atoms with van der Waals surface area (Å²) in [5, 5.41) is 3.50. The van der Waals surface area contributed by atoms with Gasteiger partial charge in [-0.2, -0.15) is 0 Å². The van der Waals surface area contributed by atoms with E-state index >= 15 is 0 Å². The number of nitrogens with one attached hydrogen (secondary N) is 1. The standard InChI is InChI=1S/C9H18N2O2/c1-11-5-8(6-11)10-4-9-2-3-12-7-13-9/h8-10H,2-7H2,1H3. The highest BCUT2D eigenvalue weighted by Gasteiger charge is 2.24. The van der Waals surface area contributed by atoms with Crippen molar-refractivity contribution < 1.29 is 9.47 Å². The Kier molecular flexibility index (Phi) is 3.16. The predicted octanol–water partition coefficient (Wildman–Crippen LogP) is -0.347. The molecule has 1 unspecified atom stereocenters. The SMILES string of the molecule is CN1CC(NCC2CCOCO2)C1. The molecule has 4 nitrogen and oxygen atoms in total. The number of hydrogen-bond donors (Lipinski definition) is 1. The molecule has 2 heterocycles. The number of likely N-dealkylation sites (tertiary alicyclic amines) is 1. The van der Waals surface area contributed by atoms with Crippen molar-refractivity contribution >= 4 is 0 Å². The molecule has 0 radical (unpaired) electrons. The molecule has 1 N–H and O–H groups in total. The fourth-order valence-corrected chi connectivity index (χ4v) is 1.79. The third-order valence-electron chi connectivity index (χ3n) is 2.67. The summed E-state index contributed by atoms with van der Waals surface area (Å²) in [4.78, 5) is 2.31. The van der Waals surface area contributed by atoms with Crippen molar-refractivity contribution in [1.82, 2.24) is 10.2 Å². The third-order valence-corrected chi connectivity index (χ3v) is 2.67. The number of hydrogen-bond acceptors (Lipinski definition) is 4. The number of likely N-dealkylation sites (N-methyl/N-ethyl adjacent to an activating group) is 1. The fourth-order valence-electron chi connectivity index (χ4n) is 1.79. The maximum atomic E-state index is 5.43. The Hall–Kier alpha value is -0.160. The van der Waals surface area contributed by atoms with Crippen molar-refractivity contribution in [3.05, 3.63) is 0 Å². The first-order valence-corrected chi connectivity index (χ1v) is 4.96. The van der Waals surface area contributed by atoms with Crippen LogP contribution in [0.4, 0.5) is 0 Å². The predicted molar refractivity (Wildman–Crippen MR) is 49.6 cm³/mol. The summed E-state index contributed by atoms with van der Waals surface area (Å²) in [6.07, 6.45) is 1.38. The molecule has 0 bridgehead atoms. The zero-order chi connectivity index (χ0) is 9.10. The van der Waals surface area contributed by atoms with Gasteiger partial charge in [0.2, 0.25) is 0 Å². The first-order chi connectivity index (χ1) is 6.34. The Morgan fingerprint density at radius 1 is 1.46 bits per heavy atom. The average Bonchev–Trinajstić information content (AvgIpc) is 2.12. The summed E-state index contributed by atoms with van der Waals surface area (Å²) in [6, 6.07) is 0.677. The van der Waals surface area contributed by atoms with E-state index in [-0.39, 0.29) is 0 Å². The Bertz CT molecular complexity index is 154. The lowest BCUT2D eigenvalue weighted by Gasteiger charge is -2.37. The Morgan fingerprint density at radius 2 is 2.31 bits per heavy atom. The lowest BCUT2D eigenvalue weighted by atomic mass is 10.1. The highest BCUT2D eigenvalue weighted by molar-refractivity contribution is 4.84. The van der Waals surface area contributed by atoms with Crippen LogP contribution in [0.3, 0.4) is 0 Å². The van der Waals surface area contributed by atoms with Crippen molar-refractivity contribution in [2.75, 3.05) is 40.1 Å². The summed E-state index contributed by atoms with van der Waals surface area (Å²) in [7, 11) is 2.14. The van der Waals surface area contributed by atoms with Gasteiger partial charge >= 0.3 is 0 Å². The minimum absolute atomic E-state index is 0.361. The molecule has 2 aliphatic rings. The van der Waals surface area contributed by atoms with Crippen molar-refractivity contribution in [3.63, 3.8) is 0 Å². The molecule has 0 saturated carbocycles. The zero-order valence-electron chi connectivity index (χ0n) is 8.16. The van der Waals surface area contributed by atoms with Crippen LogP contribution in [0.15, 0.2) is 0 Å². The van der Waals surface area contributed by atoms with Crippen molar-refractivity contribution in [2.45, 2.75) is 18.6 Å². The highest BCUT2D eigenvalue weighted by Crippen LogP contribution is 2.07. The van der Waals surface area contributed by atoms with Crippen LogP contribution in [0.1, 0.15) is 6.42 Å². The van der Waals surface area contributed by atoms with E-state index in [1.54, 1.807) is 0 Å². The zero-order valence-corrected chi connectivity index (χ0v) is 8.16. The average molecular weight is 186 g/mol. The molecule has 1 atom stereocenters. The van der Waals surface area contributed by atoms with Crippen LogP contribution in [0.5, 0.6) is 0 Å². The lowest BCUT2D eigenvalue weighted by molar-refractivity contribution is -0.138. The monoisotopic (exact) mass is 186 g/mol. The van der Waals surface area contributed by atoms with Crippen LogP contribution in [0.2, 0.25) is 0 Å². The second-order valence-electron chi connectivity index (χ2n) is 3.93. The molecule has 4 heteroatoms. The molecular formula is C9H18N2O2. The summed E-state index contributed by atoms with van der Waals surface area (Å²) in [6.45, 7) is 4.63. The van der Waals surface area contributed by atoms with Gasteiger partial charge < -0.3 is 19.7 Å². The summed E-state index contributed by atoms with van der Waals surface area (Å²) < 4.78 is 10.5. The number of ether oxygens (including phenoxy) is 2. The van der Waals surface area contributed by atoms with E-state index in [1.807, 2.05) is 0 Å². The Labute approximate surface area is 79.2 Å². The number of nitrogens with zero attached hydrogens (tertiary/aromatic N) is 1. The molecule has 13 heavy (non-hydrogen) atoms. The molecule has 0 aromatic rings.